The van der Waals surface area contributed by atoms with E-state index in [1.165, 1.54) is 24.3 Å². The van der Waals surface area contributed by atoms with Gasteiger partial charge in [0.25, 0.3) is 0 Å². The Labute approximate surface area is 172 Å². The fourth-order valence-electron chi connectivity index (χ4n) is 3.33. The van der Waals surface area contributed by atoms with Gasteiger partial charge >= 0.3 is 0 Å². The maximum absolute atomic E-state index is 13.8. The van der Waals surface area contributed by atoms with E-state index in [9.17, 15) is 8.78 Å². The molecule has 3 aromatic heterocycles. The SMILES string of the molecule is CC.Fc1ccc(-c2nc(-c3c[nH]c4ccc(F)cc34)[nH]c2-c2ccncc2)cc1. The minimum Gasteiger partial charge on any atom is -0.360 e. The molecular weight excluding hydrogens is 382 g/mol. The van der Waals surface area contributed by atoms with E-state index in [4.69, 9.17) is 4.98 Å². The van der Waals surface area contributed by atoms with Crippen LogP contribution in [0.4, 0.5) is 8.78 Å². The van der Waals surface area contributed by atoms with E-state index < -0.39 is 0 Å². The summed E-state index contributed by atoms with van der Waals surface area (Å²) in [6, 6.07) is 14.5. The Bertz CT molecular complexity index is 1270. The topological polar surface area (TPSA) is 57.4 Å². The van der Waals surface area contributed by atoms with Crippen molar-refractivity contribution in [1.82, 2.24) is 19.9 Å². The standard InChI is InChI=1S/C22H14F2N4.C2H6/c23-15-3-1-13(2-4-15)20-21(14-7-9-25-10-8-14)28-22(27-20)18-12-26-19-6-5-16(24)11-17(18)19;1-2/h1-12,26H,(H,27,28);1-2H3. The lowest BCUT2D eigenvalue weighted by Gasteiger charge is -2.02. The fourth-order valence-corrected chi connectivity index (χ4v) is 3.33. The van der Waals surface area contributed by atoms with Gasteiger partial charge in [-0.3, -0.25) is 4.98 Å². The molecule has 3 heterocycles. The van der Waals surface area contributed by atoms with Gasteiger partial charge in [-0.05, 0) is 54.6 Å². The van der Waals surface area contributed by atoms with E-state index in [-0.39, 0.29) is 11.6 Å². The van der Waals surface area contributed by atoms with Crippen molar-refractivity contribution in [3.63, 3.8) is 0 Å². The molecule has 0 saturated carbocycles. The largest absolute Gasteiger partial charge is 0.360 e. The first-order valence-electron chi connectivity index (χ1n) is 9.72. The Hall–Kier alpha value is -3.80. The fraction of sp³-hybridized carbons (Fsp3) is 0.0833. The van der Waals surface area contributed by atoms with Crippen LogP contribution in [-0.4, -0.2) is 19.9 Å². The highest BCUT2D eigenvalue weighted by Gasteiger charge is 2.17. The number of benzene rings is 2. The van der Waals surface area contributed by atoms with Crippen LogP contribution < -0.4 is 0 Å². The molecule has 5 aromatic rings. The smallest absolute Gasteiger partial charge is 0.140 e. The zero-order valence-corrected chi connectivity index (χ0v) is 16.6. The summed E-state index contributed by atoms with van der Waals surface area (Å²) in [5.74, 6) is -0.0203. The van der Waals surface area contributed by atoms with Crippen molar-refractivity contribution in [2.45, 2.75) is 13.8 Å². The third-order valence-electron chi connectivity index (χ3n) is 4.69. The molecule has 0 aliphatic carbocycles. The molecular formula is C24H20F2N4. The second kappa shape index (κ2) is 8.29. The molecule has 150 valence electrons. The van der Waals surface area contributed by atoms with Gasteiger partial charge in [0.1, 0.15) is 17.5 Å². The van der Waals surface area contributed by atoms with Crippen molar-refractivity contribution in [1.29, 1.82) is 0 Å². The summed E-state index contributed by atoms with van der Waals surface area (Å²) in [4.78, 5) is 15.3. The molecule has 2 N–H and O–H groups in total. The first kappa shape index (κ1) is 19.5. The van der Waals surface area contributed by atoms with Gasteiger partial charge in [-0.2, -0.15) is 0 Å². The highest BCUT2D eigenvalue weighted by molar-refractivity contribution is 5.95. The number of hydrogen-bond donors (Lipinski definition) is 2. The van der Waals surface area contributed by atoms with Crippen molar-refractivity contribution >= 4 is 10.9 Å². The number of fused-ring (bicyclic) bond motifs is 1. The lowest BCUT2D eigenvalue weighted by molar-refractivity contribution is 0.628. The van der Waals surface area contributed by atoms with Crippen LogP contribution in [0.2, 0.25) is 0 Å². The van der Waals surface area contributed by atoms with Crippen molar-refractivity contribution < 1.29 is 8.78 Å². The average Bonchev–Trinajstić information content (AvgIpc) is 3.40. The molecule has 30 heavy (non-hydrogen) atoms. The molecule has 0 unspecified atom stereocenters. The van der Waals surface area contributed by atoms with Crippen LogP contribution in [0.1, 0.15) is 13.8 Å². The number of aromatic amines is 2. The molecule has 0 aliphatic heterocycles. The Morgan fingerprint density at radius 2 is 1.50 bits per heavy atom. The summed E-state index contributed by atoms with van der Waals surface area (Å²) in [7, 11) is 0. The molecule has 0 bridgehead atoms. The average molecular weight is 402 g/mol. The van der Waals surface area contributed by atoms with Gasteiger partial charge in [-0.1, -0.05) is 13.8 Å². The number of halogens is 2. The molecule has 2 aromatic carbocycles. The van der Waals surface area contributed by atoms with Gasteiger partial charge in [-0.15, -0.1) is 0 Å². The number of imidazole rings is 1. The maximum Gasteiger partial charge on any atom is 0.140 e. The van der Waals surface area contributed by atoms with E-state index in [1.54, 1.807) is 36.8 Å². The zero-order valence-electron chi connectivity index (χ0n) is 16.6. The van der Waals surface area contributed by atoms with E-state index in [2.05, 4.69) is 15.0 Å². The molecule has 4 nitrogen and oxygen atoms in total. The molecule has 0 aliphatic rings. The molecule has 0 fully saturated rings. The van der Waals surface area contributed by atoms with Crippen LogP contribution >= 0.6 is 0 Å². The number of aromatic nitrogens is 4. The highest BCUT2D eigenvalue weighted by Crippen LogP contribution is 2.35. The summed E-state index contributed by atoms with van der Waals surface area (Å²) >= 11 is 0. The second-order valence-corrected chi connectivity index (χ2v) is 6.44. The predicted molar refractivity (Wildman–Crippen MR) is 116 cm³/mol. The highest BCUT2D eigenvalue weighted by atomic mass is 19.1. The van der Waals surface area contributed by atoms with Gasteiger partial charge in [0.05, 0.1) is 11.4 Å². The molecule has 0 saturated heterocycles. The van der Waals surface area contributed by atoms with Crippen LogP contribution in [0.15, 0.2) is 73.2 Å². The summed E-state index contributed by atoms with van der Waals surface area (Å²) in [5, 5.41) is 0.737. The molecule has 0 amide bonds. The number of nitrogens with one attached hydrogen (secondary N) is 2. The first-order valence-corrected chi connectivity index (χ1v) is 9.72. The Kier molecular flexibility index (Phi) is 5.39. The maximum atomic E-state index is 13.8. The van der Waals surface area contributed by atoms with Crippen LogP contribution in [0.5, 0.6) is 0 Å². The van der Waals surface area contributed by atoms with E-state index >= 15 is 0 Å². The van der Waals surface area contributed by atoms with Crippen molar-refractivity contribution in [3.8, 4) is 33.9 Å². The number of hydrogen-bond acceptors (Lipinski definition) is 2. The number of rotatable bonds is 3. The van der Waals surface area contributed by atoms with E-state index in [0.717, 1.165) is 33.3 Å². The van der Waals surface area contributed by atoms with Crippen LogP contribution in [0, 0.1) is 11.6 Å². The first-order chi connectivity index (χ1) is 14.7. The van der Waals surface area contributed by atoms with Gasteiger partial charge in [0.2, 0.25) is 0 Å². The normalized spacial score (nSPS) is 10.7. The minimum atomic E-state index is -0.312. The third kappa shape index (κ3) is 3.59. The summed E-state index contributed by atoms with van der Waals surface area (Å²) in [5.41, 5.74) is 4.74. The summed E-state index contributed by atoms with van der Waals surface area (Å²) < 4.78 is 27.2. The molecule has 5 rings (SSSR count). The van der Waals surface area contributed by atoms with Crippen LogP contribution in [-0.2, 0) is 0 Å². The lowest BCUT2D eigenvalue weighted by Crippen LogP contribution is -1.84. The number of nitrogens with zero attached hydrogens (tertiary/aromatic N) is 2. The van der Waals surface area contributed by atoms with Gasteiger partial charge in [0.15, 0.2) is 0 Å². The predicted octanol–water partition coefficient (Wildman–Crippen LogP) is 6.59. The molecule has 0 radical (unpaired) electrons. The Morgan fingerprint density at radius 3 is 2.23 bits per heavy atom. The number of pyridine rings is 1. The van der Waals surface area contributed by atoms with Crippen molar-refractivity contribution in [2.24, 2.45) is 0 Å². The Balaban J connectivity index is 0.00000106. The lowest BCUT2D eigenvalue weighted by atomic mass is 10.1. The van der Waals surface area contributed by atoms with Crippen LogP contribution in [0.3, 0.4) is 0 Å². The molecule has 0 atom stereocenters. The zero-order chi connectivity index (χ0) is 21.1. The van der Waals surface area contributed by atoms with E-state index in [0.29, 0.717) is 11.5 Å². The Morgan fingerprint density at radius 1 is 0.800 bits per heavy atom. The summed E-state index contributed by atoms with van der Waals surface area (Å²) in [6.07, 6.45) is 5.20. The number of H-pyrrole nitrogens is 2. The van der Waals surface area contributed by atoms with Gasteiger partial charge in [-0.25, -0.2) is 13.8 Å². The minimum absolute atomic E-state index is 0.308. The second-order valence-electron chi connectivity index (χ2n) is 6.44. The van der Waals surface area contributed by atoms with Gasteiger partial charge in [0, 0.05) is 46.2 Å². The van der Waals surface area contributed by atoms with Gasteiger partial charge < -0.3 is 9.97 Å². The third-order valence-corrected chi connectivity index (χ3v) is 4.69. The monoisotopic (exact) mass is 402 g/mol. The van der Waals surface area contributed by atoms with Crippen molar-refractivity contribution in [3.05, 3.63) is 84.8 Å². The molecule has 0 spiro atoms. The molecule has 6 heteroatoms. The summed E-state index contributed by atoms with van der Waals surface area (Å²) in [6.45, 7) is 4.00. The van der Waals surface area contributed by atoms with Crippen LogP contribution in [0.25, 0.3) is 44.8 Å². The van der Waals surface area contributed by atoms with E-state index in [1.807, 2.05) is 26.0 Å². The quantitative estimate of drug-likeness (QED) is 0.358. The van der Waals surface area contributed by atoms with Crippen molar-refractivity contribution in [2.75, 3.05) is 0 Å².